The van der Waals surface area contributed by atoms with Crippen molar-refractivity contribution >= 4 is 28.1 Å². The fraction of sp³-hybridized carbons (Fsp3) is 0.263. The Morgan fingerprint density at radius 1 is 1.24 bits per heavy atom. The lowest BCUT2D eigenvalue weighted by atomic mass is 10.1. The summed E-state index contributed by atoms with van der Waals surface area (Å²) in [6.07, 6.45) is 2.37. The van der Waals surface area contributed by atoms with Gasteiger partial charge in [-0.25, -0.2) is 5.43 Å². The minimum atomic E-state index is -1.26. The van der Waals surface area contributed by atoms with Crippen LogP contribution in [0.1, 0.15) is 37.0 Å². The smallest absolute Gasteiger partial charge is 0.273 e. The number of nitrogens with one attached hydrogen (secondary N) is 1. The number of amides is 1. The maximum absolute atomic E-state index is 11.9. The second kappa shape index (κ2) is 9.96. The summed E-state index contributed by atoms with van der Waals surface area (Å²) in [6, 6.07) is 14.3. The molecule has 0 bridgehead atoms. The third-order valence-corrected chi connectivity index (χ3v) is 4.00. The van der Waals surface area contributed by atoms with Gasteiger partial charge in [-0.15, -0.1) is 0 Å². The van der Waals surface area contributed by atoms with Crippen molar-refractivity contribution in [2.75, 3.05) is 6.61 Å². The fourth-order valence-corrected chi connectivity index (χ4v) is 2.28. The van der Waals surface area contributed by atoms with Gasteiger partial charge in [-0.2, -0.15) is 5.10 Å². The number of carbonyl (C=O) groups is 1. The topological polar surface area (TPSA) is 70.9 Å². The van der Waals surface area contributed by atoms with Crippen molar-refractivity contribution in [1.29, 1.82) is 0 Å². The predicted octanol–water partition coefficient (Wildman–Crippen LogP) is 3.81. The quantitative estimate of drug-likeness (QED) is 0.399. The van der Waals surface area contributed by atoms with Gasteiger partial charge in [0.1, 0.15) is 5.75 Å². The highest BCUT2D eigenvalue weighted by atomic mass is 79.9. The molecule has 25 heavy (non-hydrogen) atoms. The van der Waals surface area contributed by atoms with E-state index in [1.165, 1.54) is 6.21 Å². The van der Waals surface area contributed by atoms with E-state index in [1.807, 2.05) is 24.3 Å². The van der Waals surface area contributed by atoms with Crippen molar-refractivity contribution in [3.05, 3.63) is 64.1 Å². The monoisotopic (exact) mass is 404 g/mol. The Hall–Kier alpha value is -2.18. The maximum Gasteiger partial charge on any atom is 0.273 e. The van der Waals surface area contributed by atoms with E-state index in [9.17, 15) is 9.90 Å². The standard InChI is InChI=1S/C19H21BrN2O3/c1-2-3-12-25-17-10-4-14(5-11-17)13-21-22-19(24)18(23)15-6-8-16(20)9-7-15/h4-11,13,18,23H,2-3,12H2,1H3,(H,22,24)/b21-13-/t18-/m1/s1. The number of rotatable bonds is 8. The second-order valence-corrected chi connectivity index (χ2v) is 6.38. The Labute approximate surface area is 155 Å². The van der Waals surface area contributed by atoms with Crippen LogP contribution in [0.4, 0.5) is 0 Å². The van der Waals surface area contributed by atoms with Gasteiger partial charge in [-0.1, -0.05) is 41.4 Å². The van der Waals surface area contributed by atoms with E-state index in [2.05, 4.69) is 33.4 Å². The molecule has 1 amide bonds. The molecule has 0 unspecified atom stereocenters. The molecule has 2 N–H and O–H groups in total. The van der Waals surface area contributed by atoms with Gasteiger partial charge in [-0.3, -0.25) is 4.79 Å². The molecule has 0 saturated heterocycles. The first-order valence-electron chi connectivity index (χ1n) is 8.09. The van der Waals surface area contributed by atoms with E-state index in [0.717, 1.165) is 28.6 Å². The van der Waals surface area contributed by atoms with Gasteiger partial charge in [0.2, 0.25) is 0 Å². The van der Waals surface area contributed by atoms with Crippen LogP contribution in [0.5, 0.6) is 5.75 Å². The molecule has 2 aromatic carbocycles. The van der Waals surface area contributed by atoms with Crippen LogP contribution >= 0.6 is 15.9 Å². The third-order valence-electron chi connectivity index (χ3n) is 3.47. The molecule has 0 aliphatic heterocycles. The van der Waals surface area contributed by atoms with Crippen molar-refractivity contribution in [2.24, 2.45) is 5.10 Å². The SMILES string of the molecule is CCCCOc1ccc(/C=N\NC(=O)[C@H](O)c2ccc(Br)cc2)cc1. The van der Waals surface area contributed by atoms with Gasteiger partial charge in [0.05, 0.1) is 12.8 Å². The van der Waals surface area contributed by atoms with Gasteiger partial charge in [0.15, 0.2) is 6.10 Å². The maximum atomic E-state index is 11.9. The summed E-state index contributed by atoms with van der Waals surface area (Å²) in [5.74, 6) is 0.221. The van der Waals surface area contributed by atoms with E-state index in [4.69, 9.17) is 4.74 Å². The van der Waals surface area contributed by atoms with E-state index in [-0.39, 0.29) is 0 Å². The molecule has 0 aliphatic carbocycles. The number of benzene rings is 2. The van der Waals surface area contributed by atoms with Crippen LogP contribution in [0.2, 0.25) is 0 Å². The number of hydrogen-bond donors (Lipinski definition) is 2. The molecule has 1 atom stereocenters. The van der Waals surface area contributed by atoms with Gasteiger partial charge in [0.25, 0.3) is 5.91 Å². The molecule has 2 rings (SSSR count). The third kappa shape index (κ3) is 6.32. The number of aliphatic hydroxyl groups excluding tert-OH is 1. The number of halogens is 1. The van der Waals surface area contributed by atoms with Crippen LogP contribution in [-0.4, -0.2) is 23.8 Å². The second-order valence-electron chi connectivity index (χ2n) is 5.46. The Morgan fingerprint density at radius 2 is 1.92 bits per heavy atom. The number of nitrogens with zero attached hydrogens (tertiary/aromatic N) is 1. The van der Waals surface area contributed by atoms with E-state index < -0.39 is 12.0 Å². The van der Waals surface area contributed by atoms with Crippen molar-refractivity contribution in [1.82, 2.24) is 5.43 Å². The average molecular weight is 405 g/mol. The minimum Gasteiger partial charge on any atom is -0.494 e. The van der Waals surface area contributed by atoms with Gasteiger partial charge >= 0.3 is 0 Å². The number of hydrogen-bond acceptors (Lipinski definition) is 4. The average Bonchev–Trinajstić information content (AvgIpc) is 2.63. The number of carbonyl (C=O) groups excluding carboxylic acids is 1. The molecule has 0 aliphatic rings. The highest BCUT2D eigenvalue weighted by Crippen LogP contribution is 2.17. The first kappa shape index (κ1) is 19.1. The number of hydrazone groups is 1. The lowest BCUT2D eigenvalue weighted by Crippen LogP contribution is -2.25. The van der Waals surface area contributed by atoms with Crippen LogP contribution in [0, 0.1) is 0 Å². The van der Waals surface area contributed by atoms with Crippen LogP contribution in [0.25, 0.3) is 0 Å². The number of ether oxygens (including phenoxy) is 1. The Balaban J connectivity index is 1.85. The summed E-state index contributed by atoms with van der Waals surface area (Å²) < 4.78 is 6.46. The largest absolute Gasteiger partial charge is 0.494 e. The van der Waals surface area contributed by atoms with Crippen molar-refractivity contribution in [3.63, 3.8) is 0 Å². The van der Waals surface area contributed by atoms with Crippen molar-refractivity contribution in [3.8, 4) is 5.75 Å². The Morgan fingerprint density at radius 3 is 2.56 bits per heavy atom. The molecule has 0 heterocycles. The van der Waals surface area contributed by atoms with Crippen molar-refractivity contribution in [2.45, 2.75) is 25.9 Å². The van der Waals surface area contributed by atoms with Crippen LogP contribution in [0.15, 0.2) is 58.1 Å². The molecular weight excluding hydrogens is 384 g/mol. The summed E-state index contributed by atoms with van der Waals surface area (Å²) >= 11 is 3.31. The molecular formula is C19H21BrN2O3. The van der Waals surface area contributed by atoms with Gasteiger partial charge in [0, 0.05) is 4.47 Å². The summed E-state index contributed by atoms with van der Waals surface area (Å²) in [5.41, 5.74) is 3.66. The summed E-state index contributed by atoms with van der Waals surface area (Å²) in [6.45, 7) is 2.82. The molecule has 2 aromatic rings. The van der Waals surface area contributed by atoms with Crippen LogP contribution in [0.3, 0.4) is 0 Å². The first-order chi connectivity index (χ1) is 12.1. The molecule has 132 valence electrons. The first-order valence-corrected chi connectivity index (χ1v) is 8.88. The van der Waals surface area contributed by atoms with Crippen LogP contribution in [-0.2, 0) is 4.79 Å². The molecule has 0 aromatic heterocycles. The minimum absolute atomic E-state index is 0.504. The summed E-state index contributed by atoms with van der Waals surface area (Å²) in [4.78, 5) is 11.9. The van der Waals surface area contributed by atoms with Gasteiger partial charge in [-0.05, 0) is 53.9 Å². The molecule has 0 spiro atoms. The van der Waals surface area contributed by atoms with Crippen LogP contribution < -0.4 is 10.2 Å². The number of unbranched alkanes of at least 4 members (excludes halogenated alkanes) is 1. The molecule has 5 nitrogen and oxygen atoms in total. The summed E-state index contributed by atoms with van der Waals surface area (Å²) in [5, 5.41) is 13.9. The van der Waals surface area contributed by atoms with Crippen molar-refractivity contribution < 1.29 is 14.6 Å². The summed E-state index contributed by atoms with van der Waals surface area (Å²) in [7, 11) is 0. The van der Waals surface area contributed by atoms with E-state index in [1.54, 1.807) is 24.3 Å². The van der Waals surface area contributed by atoms with E-state index >= 15 is 0 Å². The zero-order valence-electron chi connectivity index (χ0n) is 14.0. The zero-order chi connectivity index (χ0) is 18.1. The lowest BCUT2D eigenvalue weighted by Gasteiger charge is -2.09. The molecule has 0 fully saturated rings. The van der Waals surface area contributed by atoms with E-state index in [0.29, 0.717) is 12.2 Å². The predicted molar refractivity (Wildman–Crippen MR) is 102 cm³/mol. The molecule has 0 saturated carbocycles. The highest BCUT2D eigenvalue weighted by molar-refractivity contribution is 9.10. The Kier molecular flexibility index (Phi) is 7.63. The lowest BCUT2D eigenvalue weighted by molar-refractivity contribution is -0.129. The zero-order valence-corrected chi connectivity index (χ0v) is 15.6. The molecule has 6 heteroatoms. The Bertz CT molecular complexity index is 700. The number of aliphatic hydroxyl groups is 1. The normalized spacial score (nSPS) is 12.1. The highest BCUT2D eigenvalue weighted by Gasteiger charge is 2.16. The van der Waals surface area contributed by atoms with Gasteiger partial charge < -0.3 is 9.84 Å². The molecule has 0 radical (unpaired) electrons. The fourth-order valence-electron chi connectivity index (χ4n) is 2.01.